The van der Waals surface area contributed by atoms with Crippen molar-refractivity contribution in [2.45, 2.75) is 26.3 Å². The highest BCUT2D eigenvalue weighted by Crippen LogP contribution is 2.30. The summed E-state index contributed by atoms with van der Waals surface area (Å²) < 4.78 is 0.585. The monoisotopic (exact) mass is 315 g/mol. The largest absolute Gasteiger partial charge is 0.323 e. The van der Waals surface area contributed by atoms with Gasteiger partial charge in [0.2, 0.25) is 5.91 Å². The van der Waals surface area contributed by atoms with Crippen molar-refractivity contribution in [3.63, 3.8) is 0 Å². The van der Waals surface area contributed by atoms with Crippen LogP contribution in [0, 0.1) is 17.0 Å². The van der Waals surface area contributed by atoms with Crippen LogP contribution < -0.4 is 11.1 Å². The molecule has 1 aromatic rings. The van der Waals surface area contributed by atoms with Gasteiger partial charge in [0.25, 0.3) is 5.69 Å². The van der Waals surface area contributed by atoms with Crippen molar-refractivity contribution in [2.24, 2.45) is 5.73 Å². The Balaban J connectivity index is 3.06. The smallest absolute Gasteiger partial charge is 0.274 e. The van der Waals surface area contributed by atoms with Crippen molar-refractivity contribution in [2.75, 3.05) is 5.32 Å². The van der Waals surface area contributed by atoms with Gasteiger partial charge >= 0.3 is 0 Å². The van der Waals surface area contributed by atoms with E-state index in [2.05, 4.69) is 21.2 Å². The fourth-order valence-electron chi connectivity index (χ4n) is 1.36. The summed E-state index contributed by atoms with van der Waals surface area (Å²) in [6, 6.07) is 2.28. The number of carbonyl (C=O) groups is 1. The van der Waals surface area contributed by atoms with E-state index >= 15 is 0 Å². The molecule has 1 atom stereocenters. The number of nitrogens with one attached hydrogen (secondary N) is 1. The number of benzene rings is 1. The molecule has 0 aromatic heterocycles. The Morgan fingerprint density at radius 2 is 2.22 bits per heavy atom. The van der Waals surface area contributed by atoms with E-state index in [0.717, 1.165) is 0 Å². The highest BCUT2D eigenvalue weighted by Gasteiger charge is 2.17. The number of halogens is 1. The Morgan fingerprint density at radius 1 is 1.61 bits per heavy atom. The van der Waals surface area contributed by atoms with E-state index in [1.165, 1.54) is 6.07 Å². The molecule has 0 fully saturated rings. The van der Waals surface area contributed by atoms with Gasteiger partial charge in [0.1, 0.15) is 0 Å². The van der Waals surface area contributed by atoms with Crippen LogP contribution in [0.15, 0.2) is 16.6 Å². The SMILES string of the molecule is CC[C@@H](N)C(=O)Nc1cc([N+](=O)[O-])c(C)cc1Br. The predicted octanol–water partition coefficient (Wildman–Crippen LogP) is 2.34. The van der Waals surface area contributed by atoms with Gasteiger partial charge in [0.15, 0.2) is 0 Å². The van der Waals surface area contributed by atoms with Crippen LogP contribution in [0.1, 0.15) is 18.9 Å². The Morgan fingerprint density at radius 3 is 2.72 bits per heavy atom. The molecule has 0 heterocycles. The number of nitro benzene ring substituents is 1. The van der Waals surface area contributed by atoms with Gasteiger partial charge in [-0.15, -0.1) is 0 Å². The number of hydrogen-bond donors (Lipinski definition) is 2. The van der Waals surface area contributed by atoms with Gasteiger partial charge < -0.3 is 11.1 Å². The lowest BCUT2D eigenvalue weighted by molar-refractivity contribution is -0.385. The molecule has 1 amide bonds. The summed E-state index contributed by atoms with van der Waals surface area (Å²) in [5, 5.41) is 13.4. The molecular weight excluding hydrogens is 302 g/mol. The van der Waals surface area contributed by atoms with E-state index in [9.17, 15) is 14.9 Å². The number of amides is 1. The molecule has 7 heteroatoms. The normalized spacial score (nSPS) is 12.0. The Kier molecular flexibility index (Phi) is 4.80. The van der Waals surface area contributed by atoms with Gasteiger partial charge in [0, 0.05) is 16.1 Å². The van der Waals surface area contributed by atoms with E-state index in [0.29, 0.717) is 22.1 Å². The van der Waals surface area contributed by atoms with Gasteiger partial charge in [-0.1, -0.05) is 6.92 Å². The number of anilines is 1. The van der Waals surface area contributed by atoms with E-state index in [1.807, 2.05) is 0 Å². The third kappa shape index (κ3) is 3.27. The average Bonchev–Trinajstić information content (AvgIpc) is 2.30. The van der Waals surface area contributed by atoms with Gasteiger partial charge in [-0.2, -0.15) is 0 Å². The van der Waals surface area contributed by atoms with Gasteiger partial charge in [-0.05, 0) is 35.3 Å². The Labute approximate surface area is 113 Å². The summed E-state index contributed by atoms with van der Waals surface area (Å²) in [6.07, 6.45) is 0.497. The lowest BCUT2D eigenvalue weighted by Gasteiger charge is -2.12. The molecule has 0 aliphatic carbocycles. The highest BCUT2D eigenvalue weighted by molar-refractivity contribution is 9.10. The Hall–Kier alpha value is -1.47. The maximum absolute atomic E-state index is 11.6. The summed E-state index contributed by atoms with van der Waals surface area (Å²) >= 11 is 3.25. The van der Waals surface area contributed by atoms with Gasteiger partial charge in [0.05, 0.1) is 16.7 Å². The number of rotatable bonds is 4. The second kappa shape index (κ2) is 5.92. The van der Waals surface area contributed by atoms with Crippen LogP contribution in [0.4, 0.5) is 11.4 Å². The quantitative estimate of drug-likeness (QED) is 0.658. The van der Waals surface area contributed by atoms with Crippen LogP contribution in [-0.4, -0.2) is 16.9 Å². The fraction of sp³-hybridized carbons (Fsp3) is 0.364. The molecule has 0 aliphatic heterocycles. The topological polar surface area (TPSA) is 98.3 Å². The van der Waals surface area contributed by atoms with Crippen LogP contribution in [0.3, 0.4) is 0 Å². The summed E-state index contributed by atoms with van der Waals surface area (Å²) in [5.41, 5.74) is 6.40. The number of carbonyl (C=O) groups excluding carboxylic acids is 1. The lowest BCUT2D eigenvalue weighted by Crippen LogP contribution is -2.34. The summed E-state index contributed by atoms with van der Waals surface area (Å²) in [7, 11) is 0. The molecule has 3 N–H and O–H groups in total. The third-order valence-electron chi connectivity index (χ3n) is 2.52. The highest BCUT2D eigenvalue weighted by atomic mass is 79.9. The van der Waals surface area contributed by atoms with Crippen molar-refractivity contribution >= 4 is 33.2 Å². The molecule has 6 nitrogen and oxygen atoms in total. The standard InChI is InChI=1S/C11H14BrN3O3/c1-3-8(13)11(16)14-9-5-10(15(17)18)6(2)4-7(9)12/h4-5,8H,3,13H2,1-2H3,(H,14,16)/t8-/m1/s1. The first-order valence-electron chi connectivity index (χ1n) is 5.37. The number of hydrogen-bond acceptors (Lipinski definition) is 4. The maximum atomic E-state index is 11.6. The second-order valence-electron chi connectivity index (χ2n) is 3.88. The molecule has 0 saturated carbocycles. The van der Waals surface area contributed by atoms with Gasteiger partial charge in [-0.3, -0.25) is 14.9 Å². The molecular formula is C11H14BrN3O3. The van der Waals surface area contributed by atoms with E-state index in [4.69, 9.17) is 5.73 Å². The first kappa shape index (κ1) is 14.6. The van der Waals surface area contributed by atoms with Crippen molar-refractivity contribution in [1.29, 1.82) is 0 Å². The minimum atomic E-state index is -0.628. The zero-order chi connectivity index (χ0) is 13.9. The molecule has 0 radical (unpaired) electrons. The van der Waals surface area contributed by atoms with Crippen molar-refractivity contribution in [1.82, 2.24) is 0 Å². The molecule has 0 saturated heterocycles. The predicted molar refractivity (Wildman–Crippen MR) is 72.4 cm³/mol. The number of aryl methyl sites for hydroxylation is 1. The molecule has 0 spiro atoms. The maximum Gasteiger partial charge on any atom is 0.274 e. The van der Waals surface area contributed by atoms with E-state index in [1.54, 1.807) is 19.9 Å². The van der Waals surface area contributed by atoms with Gasteiger partial charge in [-0.25, -0.2) is 0 Å². The minimum absolute atomic E-state index is 0.0430. The Bertz CT molecular complexity index is 491. The summed E-state index contributed by atoms with van der Waals surface area (Å²) in [4.78, 5) is 22.0. The minimum Gasteiger partial charge on any atom is -0.323 e. The molecule has 0 aliphatic rings. The molecule has 98 valence electrons. The number of nitrogens with two attached hydrogens (primary N) is 1. The number of nitro groups is 1. The first-order chi connectivity index (χ1) is 8.36. The average molecular weight is 316 g/mol. The van der Waals surface area contributed by atoms with Crippen LogP contribution >= 0.6 is 15.9 Å². The lowest BCUT2D eigenvalue weighted by atomic mass is 10.1. The van der Waals surface area contributed by atoms with E-state index in [-0.39, 0.29) is 11.6 Å². The van der Waals surface area contributed by atoms with Crippen molar-refractivity contribution in [3.05, 3.63) is 32.3 Å². The van der Waals surface area contributed by atoms with Crippen LogP contribution in [0.5, 0.6) is 0 Å². The van der Waals surface area contributed by atoms with Crippen LogP contribution in [0.2, 0.25) is 0 Å². The van der Waals surface area contributed by atoms with Crippen molar-refractivity contribution < 1.29 is 9.72 Å². The zero-order valence-corrected chi connectivity index (χ0v) is 11.7. The molecule has 1 aromatic carbocycles. The fourth-order valence-corrected chi connectivity index (χ4v) is 1.92. The third-order valence-corrected chi connectivity index (χ3v) is 3.17. The summed E-state index contributed by atoms with van der Waals surface area (Å²) in [5.74, 6) is -0.364. The van der Waals surface area contributed by atoms with Crippen LogP contribution in [0.25, 0.3) is 0 Å². The zero-order valence-electron chi connectivity index (χ0n) is 10.1. The molecule has 0 bridgehead atoms. The van der Waals surface area contributed by atoms with E-state index < -0.39 is 11.0 Å². The number of nitrogens with zero attached hydrogens (tertiary/aromatic N) is 1. The second-order valence-corrected chi connectivity index (χ2v) is 4.73. The van der Waals surface area contributed by atoms with Crippen molar-refractivity contribution in [3.8, 4) is 0 Å². The summed E-state index contributed by atoms with van der Waals surface area (Å²) in [6.45, 7) is 3.42. The van der Waals surface area contributed by atoms with Crippen LogP contribution in [-0.2, 0) is 4.79 Å². The molecule has 0 unspecified atom stereocenters. The first-order valence-corrected chi connectivity index (χ1v) is 6.17. The molecule has 18 heavy (non-hydrogen) atoms. The molecule has 1 rings (SSSR count).